The van der Waals surface area contributed by atoms with Gasteiger partial charge in [-0.05, 0) is 24.1 Å². The van der Waals surface area contributed by atoms with Crippen molar-refractivity contribution in [2.45, 2.75) is 19.8 Å². The van der Waals surface area contributed by atoms with Crippen molar-refractivity contribution in [3.63, 3.8) is 0 Å². The Balaban J connectivity index is 2.49. The van der Waals surface area contributed by atoms with Crippen molar-refractivity contribution in [3.05, 3.63) is 35.4 Å². The molecule has 3 heteroatoms. The lowest BCUT2D eigenvalue weighted by Gasteiger charge is -2.05. The van der Waals surface area contributed by atoms with Gasteiger partial charge in [0.25, 0.3) is 5.91 Å². The maximum absolute atomic E-state index is 11.6. The highest BCUT2D eigenvalue weighted by atomic mass is 16.5. The summed E-state index contributed by atoms with van der Waals surface area (Å²) in [6, 6.07) is 7.75. The van der Waals surface area contributed by atoms with Crippen LogP contribution >= 0.6 is 0 Å². The van der Waals surface area contributed by atoms with Crippen molar-refractivity contribution in [1.29, 1.82) is 0 Å². The van der Waals surface area contributed by atoms with E-state index < -0.39 is 0 Å². The van der Waals surface area contributed by atoms with E-state index in [1.54, 1.807) is 7.11 Å². The van der Waals surface area contributed by atoms with Crippen LogP contribution in [-0.2, 0) is 11.2 Å². The van der Waals surface area contributed by atoms with E-state index in [0.29, 0.717) is 18.7 Å². The van der Waals surface area contributed by atoms with Crippen molar-refractivity contribution >= 4 is 5.91 Å². The molecule has 1 N–H and O–H groups in total. The number of ether oxygens (including phenoxy) is 1. The first-order valence-corrected chi connectivity index (χ1v) is 5.64. The molecule has 0 aromatic heterocycles. The van der Waals surface area contributed by atoms with Gasteiger partial charge in [0.15, 0.2) is 0 Å². The average Bonchev–Trinajstić information content (AvgIpc) is 2.30. The molecule has 1 amide bonds. The highest BCUT2D eigenvalue weighted by molar-refractivity contribution is 5.94. The molecule has 1 aromatic carbocycles. The minimum atomic E-state index is -0.0416. The smallest absolute Gasteiger partial charge is 0.251 e. The Labute approximate surface area is 96.8 Å². The topological polar surface area (TPSA) is 38.3 Å². The number of amides is 1. The lowest BCUT2D eigenvalue weighted by atomic mass is 10.1. The maximum atomic E-state index is 11.6. The molecule has 16 heavy (non-hydrogen) atoms. The summed E-state index contributed by atoms with van der Waals surface area (Å²) in [5, 5.41) is 2.79. The second kappa shape index (κ2) is 7.01. The monoisotopic (exact) mass is 221 g/mol. The Morgan fingerprint density at radius 1 is 1.31 bits per heavy atom. The molecule has 0 aliphatic rings. The first-order chi connectivity index (χ1) is 7.77. The third-order valence-corrected chi connectivity index (χ3v) is 2.35. The first-order valence-electron chi connectivity index (χ1n) is 5.64. The van der Waals surface area contributed by atoms with Gasteiger partial charge in [-0.3, -0.25) is 4.79 Å². The van der Waals surface area contributed by atoms with Crippen molar-refractivity contribution in [1.82, 2.24) is 5.32 Å². The molecule has 0 saturated carbocycles. The van der Waals surface area contributed by atoms with E-state index in [2.05, 4.69) is 12.2 Å². The third kappa shape index (κ3) is 4.03. The molecular formula is C13H19NO2. The number of carbonyl (C=O) groups excluding carboxylic acids is 1. The summed E-state index contributed by atoms with van der Waals surface area (Å²) in [6.07, 6.45) is 2.19. The Morgan fingerprint density at radius 3 is 2.56 bits per heavy atom. The summed E-state index contributed by atoms with van der Waals surface area (Å²) < 4.78 is 4.86. The van der Waals surface area contributed by atoms with Crippen LogP contribution in [0.5, 0.6) is 0 Å². The van der Waals surface area contributed by atoms with Crippen LogP contribution < -0.4 is 5.32 Å². The molecule has 1 rings (SSSR count). The van der Waals surface area contributed by atoms with Crippen LogP contribution in [0.1, 0.15) is 29.3 Å². The summed E-state index contributed by atoms with van der Waals surface area (Å²) in [5.74, 6) is -0.0416. The molecule has 3 nitrogen and oxygen atoms in total. The van der Waals surface area contributed by atoms with Gasteiger partial charge in [0, 0.05) is 19.2 Å². The fraction of sp³-hybridized carbons (Fsp3) is 0.462. The SMILES string of the molecule is CCCc1ccc(C(=O)NCCOC)cc1. The molecule has 88 valence electrons. The normalized spacial score (nSPS) is 10.1. The van der Waals surface area contributed by atoms with Crippen molar-refractivity contribution in [3.8, 4) is 0 Å². The number of methoxy groups -OCH3 is 1. The largest absolute Gasteiger partial charge is 0.383 e. The summed E-state index contributed by atoms with van der Waals surface area (Å²) in [6.45, 7) is 3.23. The van der Waals surface area contributed by atoms with Crippen LogP contribution in [0.25, 0.3) is 0 Å². The van der Waals surface area contributed by atoms with Gasteiger partial charge in [-0.25, -0.2) is 0 Å². The molecule has 0 spiro atoms. The quantitative estimate of drug-likeness (QED) is 0.746. The summed E-state index contributed by atoms with van der Waals surface area (Å²) in [5.41, 5.74) is 1.98. The highest BCUT2D eigenvalue weighted by Crippen LogP contribution is 2.06. The minimum absolute atomic E-state index is 0.0416. The molecule has 0 atom stereocenters. The van der Waals surface area contributed by atoms with Gasteiger partial charge >= 0.3 is 0 Å². The molecule has 0 saturated heterocycles. The van der Waals surface area contributed by atoms with E-state index in [0.717, 1.165) is 12.8 Å². The van der Waals surface area contributed by atoms with Crippen LogP contribution in [0.4, 0.5) is 0 Å². The zero-order valence-electron chi connectivity index (χ0n) is 9.95. The maximum Gasteiger partial charge on any atom is 0.251 e. The van der Waals surface area contributed by atoms with Gasteiger partial charge in [-0.1, -0.05) is 25.5 Å². The number of benzene rings is 1. The van der Waals surface area contributed by atoms with E-state index in [1.165, 1.54) is 5.56 Å². The molecule has 0 aliphatic heterocycles. The van der Waals surface area contributed by atoms with Crippen LogP contribution in [0, 0.1) is 0 Å². The minimum Gasteiger partial charge on any atom is -0.383 e. The highest BCUT2D eigenvalue weighted by Gasteiger charge is 2.03. The number of hydrogen-bond acceptors (Lipinski definition) is 2. The molecular weight excluding hydrogens is 202 g/mol. The van der Waals surface area contributed by atoms with E-state index in [4.69, 9.17) is 4.74 Å². The van der Waals surface area contributed by atoms with Gasteiger partial charge < -0.3 is 10.1 Å². The van der Waals surface area contributed by atoms with Gasteiger partial charge in [0.2, 0.25) is 0 Å². The Morgan fingerprint density at radius 2 is 2.00 bits per heavy atom. The fourth-order valence-electron chi connectivity index (χ4n) is 1.48. The van der Waals surface area contributed by atoms with Crippen LogP contribution in [0.2, 0.25) is 0 Å². The number of hydrogen-bond donors (Lipinski definition) is 1. The second-order valence-electron chi connectivity index (χ2n) is 3.70. The lowest BCUT2D eigenvalue weighted by molar-refractivity contribution is 0.0937. The Hall–Kier alpha value is -1.35. The number of carbonyl (C=O) groups is 1. The van der Waals surface area contributed by atoms with E-state index in [1.807, 2.05) is 24.3 Å². The Bertz CT molecular complexity index is 319. The van der Waals surface area contributed by atoms with Crippen LogP contribution in [0.3, 0.4) is 0 Å². The Kier molecular flexibility index (Phi) is 5.57. The molecule has 0 unspecified atom stereocenters. The average molecular weight is 221 g/mol. The molecule has 0 fully saturated rings. The van der Waals surface area contributed by atoms with Crippen LogP contribution in [-0.4, -0.2) is 26.2 Å². The standard InChI is InChI=1S/C13H19NO2/c1-3-4-11-5-7-12(8-6-11)13(15)14-9-10-16-2/h5-8H,3-4,9-10H2,1-2H3,(H,14,15). The fourth-order valence-corrected chi connectivity index (χ4v) is 1.48. The van der Waals surface area contributed by atoms with E-state index >= 15 is 0 Å². The van der Waals surface area contributed by atoms with Crippen molar-refractivity contribution < 1.29 is 9.53 Å². The molecule has 0 radical (unpaired) electrons. The molecule has 1 aromatic rings. The van der Waals surface area contributed by atoms with Gasteiger partial charge in [0.05, 0.1) is 6.61 Å². The molecule has 0 heterocycles. The molecule has 0 aliphatic carbocycles. The third-order valence-electron chi connectivity index (χ3n) is 2.35. The first kappa shape index (κ1) is 12.7. The zero-order chi connectivity index (χ0) is 11.8. The van der Waals surface area contributed by atoms with Crippen LogP contribution in [0.15, 0.2) is 24.3 Å². The van der Waals surface area contributed by atoms with Crippen molar-refractivity contribution in [2.75, 3.05) is 20.3 Å². The predicted octanol–water partition coefficient (Wildman–Crippen LogP) is 2.02. The summed E-state index contributed by atoms with van der Waals surface area (Å²) in [7, 11) is 1.62. The summed E-state index contributed by atoms with van der Waals surface area (Å²) in [4.78, 5) is 11.6. The number of rotatable bonds is 6. The van der Waals surface area contributed by atoms with E-state index in [9.17, 15) is 4.79 Å². The molecule has 0 bridgehead atoms. The number of nitrogens with one attached hydrogen (secondary N) is 1. The van der Waals surface area contributed by atoms with Gasteiger partial charge in [-0.2, -0.15) is 0 Å². The lowest BCUT2D eigenvalue weighted by Crippen LogP contribution is -2.26. The zero-order valence-corrected chi connectivity index (χ0v) is 9.95. The summed E-state index contributed by atoms with van der Waals surface area (Å²) >= 11 is 0. The van der Waals surface area contributed by atoms with Gasteiger partial charge in [-0.15, -0.1) is 0 Å². The van der Waals surface area contributed by atoms with Gasteiger partial charge in [0.1, 0.15) is 0 Å². The number of aryl methyl sites for hydroxylation is 1. The van der Waals surface area contributed by atoms with E-state index in [-0.39, 0.29) is 5.91 Å². The second-order valence-corrected chi connectivity index (χ2v) is 3.70. The predicted molar refractivity (Wildman–Crippen MR) is 64.6 cm³/mol. The van der Waals surface area contributed by atoms with Crippen molar-refractivity contribution in [2.24, 2.45) is 0 Å².